The molecule has 1 aromatic heterocycles. The van der Waals surface area contributed by atoms with Crippen molar-refractivity contribution < 1.29 is 25.2 Å². The van der Waals surface area contributed by atoms with E-state index in [0.717, 1.165) is 0 Å². The van der Waals surface area contributed by atoms with Gasteiger partial charge in [-0.3, -0.25) is 0 Å². The molecular formula is C9H10ClNO5. The highest BCUT2D eigenvalue weighted by Crippen LogP contribution is 2.21. The van der Waals surface area contributed by atoms with Crippen LogP contribution < -0.4 is 0 Å². The lowest BCUT2D eigenvalue weighted by Gasteiger charge is -2.17. The first-order chi connectivity index (χ1) is 7.47. The van der Waals surface area contributed by atoms with Gasteiger partial charge in [0.05, 0.1) is 6.61 Å². The van der Waals surface area contributed by atoms with Crippen molar-refractivity contribution in [3.63, 3.8) is 0 Å². The van der Waals surface area contributed by atoms with Gasteiger partial charge in [-0.2, -0.15) is 0 Å². The number of aromatic carboxylic acids is 1. The molecule has 0 spiro atoms. The number of hydrogen-bond acceptors (Lipinski definition) is 5. The van der Waals surface area contributed by atoms with E-state index in [4.69, 9.17) is 21.8 Å². The van der Waals surface area contributed by atoms with Crippen LogP contribution in [0.15, 0.2) is 12.1 Å². The molecule has 0 aliphatic rings. The van der Waals surface area contributed by atoms with Crippen LogP contribution in [-0.2, 0) is 0 Å². The van der Waals surface area contributed by atoms with E-state index in [1.165, 1.54) is 12.1 Å². The fraction of sp³-hybridized carbons (Fsp3) is 0.333. The van der Waals surface area contributed by atoms with E-state index >= 15 is 0 Å². The molecule has 1 aromatic rings. The minimum absolute atomic E-state index is 0.0353. The van der Waals surface area contributed by atoms with E-state index in [-0.39, 0.29) is 10.7 Å². The second-order valence-electron chi connectivity index (χ2n) is 3.07. The summed E-state index contributed by atoms with van der Waals surface area (Å²) in [5, 5.41) is 36.2. The van der Waals surface area contributed by atoms with E-state index in [0.29, 0.717) is 0 Å². The Morgan fingerprint density at radius 1 is 1.44 bits per heavy atom. The van der Waals surface area contributed by atoms with Crippen molar-refractivity contribution in [2.45, 2.75) is 12.2 Å². The van der Waals surface area contributed by atoms with Crippen LogP contribution in [0, 0.1) is 0 Å². The minimum Gasteiger partial charge on any atom is -0.476 e. The summed E-state index contributed by atoms with van der Waals surface area (Å²) in [6.07, 6.45) is -3.00. The van der Waals surface area contributed by atoms with Gasteiger partial charge in [0, 0.05) is 5.56 Å². The molecule has 0 amide bonds. The Morgan fingerprint density at radius 3 is 2.56 bits per heavy atom. The van der Waals surface area contributed by atoms with Crippen molar-refractivity contribution in [1.82, 2.24) is 4.98 Å². The largest absolute Gasteiger partial charge is 0.476 e. The number of aliphatic hydroxyl groups is 3. The molecule has 88 valence electrons. The Labute approximate surface area is 95.8 Å². The topological polar surface area (TPSA) is 111 Å². The van der Waals surface area contributed by atoms with Gasteiger partial charge in [-0.15, -0.1) is 0 Å². The van der Waals surface area contributed by atoms with Gasteiger partial charge in [0.1, 0.15) is 17.4 Å². The number of nitrogens with zero attached hydrogens (tertiary/aromatic N) is 1. The zero-order chi connectivity index (χ0) is 12.3. The van der Waals surface area contributed by atoms with Crippen LogP contribution in [0.5, 0.6) is 0 Å². The molecule has 0 saturated heterocycles. The molecule has 0 aliphatic heterocycles. The average Bonchev–Trinajstić information content (AvgIpc) is 2.26. The molecule has 7 heteroatoms. The van der Waals surface area contributed by atoms with Crippen LogP contribution in [0.25, 0.3) is 0 Å². The van der Waals surface area contributed by atoms with Gasteiger partial charge in [0.25, 0.3) is 0 Å². The van der Waals surface area contributed by atoms with Crippen LogP contribution in [0.3, 0.4) is 0 Å². The molecule has 2 unspecified atom stereocenters. The van der Waals surface area contributed by atoms with Crippen molar-refractivity contribution >= 4 is 17.6 Å². The molecule has 0 aliphatic carbocycles. The third-order valence-electron chi connectivity index (χ3n) is 1.97. The molecule has 4 N–H and O–H groups in total. The number of carboxylic acid groups (broad SMARTS) is 1. The van der Waals surface area contributed by atoms with E-state index in [1.807, 2.05) is 0 Å². The fourth-order valence-corrected chi connectivity index (χ4v) is 1.31. The maximum absolute atomic E-state index is 10.8. The Hall–Kier alpha value is -1.21. The lowest BCUT2D eigenvalue weighted by Crippen LogP contribution is -2.24. The maximum atomic E-state index is 10.8. The quantitative estimate of drug-likeness (QED) is 0.550. The van der Waals surface area contributed by atoms with Crippen molar-refractivity contribution in [2.24, 2.45) is 0 Å². The number of halogens is 1. The highest BCUT2D eigenvalue weighted by atomic mass is 35.5. The molecule has 0 aromatic carbocycles. The first-order valence-electron chi connectivity index (χ1n) is 4.34. The van der Waals surface area contributed by atoms with Gasteiger partial charge in [0.15, 0.2) is 5.69 Å². The summed E-state index contributed by atoms with van der Waals surface area (Å²) in [6, 6.07) is 2.53. The van der Waals surface area contributed by atoms with Crippen LogP contribution in [0.1, 0.15) is 22.2 Å². The molecule has 6 nitrogen and oxygen atoms in total. The lowest BCUT2D eigenvalue weighted by molar-refractivity contribution is -0.0160. The Kier molecular flexibility index (Phi) is 4.19. The fourth-order valence-electron chi connectivity index (χ4n) is 1.16. The summed E-state index contributed by atoms with van der Waals surface area (Å²) in [7, 11) is 0. The lowest BCUT2D eigenvalue weighted by atomic mass is 10.0. The number of aromatic nitrogens is 1. The number of hydrogen-bond donors (Lipinski definition) is 4. The molecular weight excluding hydrogens is 238 g/mol. The second kappa shape index (κ2) is 5.22. The number of carbonyl (C=O) groups is 1. The normalized spacial score (nSPS) is 14.5. The number of pyridine rings is 1. The summed E-state index contributed by atoms with van der Waals surface area (Å²) >= 11 is 5.51. The summed E-state index contributed by atoms with van der Waals surface area (Å²) in [5.74, 6) is -1.37. The standard InChI is InChI=1S/C9H10ClNO5/c10-6-2-1-4(7(11-6)9(15)16)8(14)5(13)3-12/h1-2,5,8,12-14H,3H2,(H,15,16). The van der Waals surface area contributed by atoms with E-state index in [1.54, 1.807) is 0 Å². The number of rotatable bonds is 4. The van der Waals surface area contributed by atoms with Crippen molar-refractivity contribution in [3.8, 4) is 0 Å². The molecule has 1 heterocycles. The average molecular weight is 248 g/mol. The molecule has 0 fully saturated rings. The predicted molar refractivity (Wildman–Crippen MR) is 54.3 cm³/mol. The van der Waals surface area contributed by atoms with Crippen molar-refractivity contribution in [1.29, 1.82) is 0 Å². The first kappa shape index (κ1) is 12.9. The molecule has 1 rings (SSSR count). The van der Waals surface area contributed by atoms with Crippen LogP contribution in [0.2, 0.25) is 5.15 Å². The van der Waals surface area contributed by atoms with Crippen LogP contribution in [-0.4, -0.2) is 44.1 Å². The van der Waals surface area contributed by atoms with Crippen molar-refractivity contribution in [2.75, 3.05) is 6.61 Å². The smallest absolute Gasteiger partial charge is 0.354 e. The summed E-state index contributed by atoms with van der Waals surface area (Å²) in [6.45, 7) is -0.692. The Bertz CT molecular complexity index is 397. The first-order valence-corrected chi connectivity index (χ1v) is 4.72. The summed E-state index contributed by atoms with van der Waals surface area (Å²) in [4.78, 5) is 14.3. The summed E-state index contributed by atoms with van der Waals surface area (Å²) in [5.41, 5.74) is -0.550. The van der Waals surface area contributed by atoms with Gasteiger partial charge in [-0.25, -0.2) is 9.78 Å². The molecule has 16 heavy (non-hydrogen) atoms. The van der Waals surface area contributed by atoms with Gasteiger partial charge < -0.3 is 20.4 Å². The highest BCUT2D eigenvalue weighted by Gasteiger charge is 2.24. The summed E-state index contributed by atoms with van der Waals surface area (Å²) < 4.78 is 0. The van der Waals surface area contributed by atoms with Gasteiger partial charge >= 0.3 is 5.97 Å². The monoisotopic (exact) mass is 247 g/mol. The SMILES string of the molecule is O=C(O)c1nc(Cl)ccc1C(O)C(O)CO. The maximum Gasteiger partial charge on any atom is 0.354 e. The highest BCUT2D eigenvalue weighted by molar-refractivity contribution is 6.29. The molecule has 0 radical (unpaired) electrons. The second-order valence-corrected chi connectivity index (χ2v) is 3.46. The third kappa shape index (κ3) is 2.67. The van der Waals surface area contributed by atoms with Gasteiger partial charge in [0.2, 0.25) is 0 Å². The Balaban J connectivity index is 3.17. The van der Waals surface area contributed by atoms with Crippen molar-refractivity contribution in [3.05, 3.63) is 28.5 Å². The van der Waals surface area contributed by atoms with Gasteiger partial charge in [-0.05, 0) is 6.07 Å². The number of carboxylic acids is 1. The van der Waals surface area contributed by atoms with Gasteiger partial charge in [-0.1, -0.05) is 17.7 Å². The molecule has 0 saturated carbocycles. The predicted octanol–water partition coefficient (Wildman–Crippen LogP) is -0.180. The van der Waals surface area contributed by atoms with Crippen LogP contribution >= 0.6 is 11.6 Å². The molecule has 0 bridgehead atoms. The van der Waals surface area contributed by atoms with E-state index < -0.39 is 30.5 Å². The third-order valence-corrected chi connectivity index (χ3v) is 2.18. The minimum atomic E-state index is -1.53. The number of aliphatic hydroxyl groups excluding tert-OH is 3. The zero-order valence-electron chi connectivity index (χ0n) is 8.04. The zero-order valence-corrected chi connectivity index (χ0v) is 8.79. The van der Waals surface area contributed by atoms with E-state index in [9.17, 15) is 15.0 Å². The Morgan fingerprint density at radius 2 is 2.06 bits per heavy atom. The van der Waals surface area contributed by atoms with E-state index in [2.05, 4.69) is 4.98 Å². The van der Waals surface area contributed by atoms with Crippen LogP contribution in [0.4, 0.5) is 0 Å². The molecule has 2 atom stereocenters.